The quantitative estimate of drug-likeness (QED) is 0.701. The van der Waals surface area contributed by atoms with Crippen molar-refractivity contribution in [3.63, 3.8) is 0 Å². The first kappa shape index (κ1) is 12.3. The molecule has 0 aliphatic carbocycles. The average Bonchev–Trinajstić information content (AvgIpc) is 2.15. The summed E-state index contributed by atoms with van der Waals surface area (Å²) in [5.74, 6) is 0.254. The van der Waals surface area contributed by atoms with Crippen LogP contribution >= 0.6 is 0 Å². The number of carboxylic acid groups (broad SMARTS) is 1. The van der Waals surface area contributed by atoms with Crippen LogP contribution in [0.5, 0.6) is 0 Å². The molecule has 1 saturated heterocycles. The zero-order valence-electron chi connectivity index (χ0n) is 9.73. The number of aliphatic hydroxyl groups excluding tert-OH is 1. The van der Waals surface area contributed by atoms with Crippen molar-refractivity contribution in [1.29, 1.82) is 0 Å². The second-order valence-electron chi connectivity index (χ2n) is 5.43. The third-order valence-electron chi connectivity index (χ3n) is 3.21. The van der Waals surface area contributed by atoms with Gasteiger partial charge in [0, 0.05) is 19.2 Å². The third kappa shape index (κ3) is 2.84. The largest absolute Gasteiger partial charge is 0.465 e. The molecule has 4 heteroatoms. The van der Waals surface area contributed by atoms with Crippen molar-refractivity contribution in [1.82, 2.24) is 4.90 Å². The fourth-order valence-corrected chi connectivity index (χ4v) is 2.25. The molecule has 0 radical (unpaired) electrons. The number of piperidine rings is 1. The van der Waals surface area contributed by atoms with Crippen LogP contribution in [0.1, 0.15) is 33.6 Å². The number of aliphatic hydroxyl groups is 1. The zero-order chi connectivity index (χ0) is 11.6. The summed E-state index contributed by atoms with van der Waals surface area (Å²) < 4.78 is 0. The van der Waals surface area contributed by atoms with Crippen molar-refractivity contribution in [3.05, 3.63) is 0 Å². The van der Waals surface area contributed by atoms with Gasteiger partial charge in [-0.25, -0.2) is 4.79 Å². The molecule has 88 valence electrons. The summed E-state index contributed by atoms with van der Waals surface area (Å²) in [5, 5.41) is 18.2. The predicted molar refractivity (Wildman–Crippen MR) is 57.8 cm³/mol. The van der Waals surface area contributed by atoms with Gasteiger partial charge in [0.2, 0.25) is 0 Å². The van der Waals surface area contributed by atoms with Crippen LogP contribution in [0.2, 0.25) is 0 Å². The van der Waals surface area contributed by atoms with Gasteiger partial charge >= 0.3 is 6.09 Å². The van der Waals surface area contributed by atoms with E-state index in [0.717, 1.165) is 12.8 Å². The molecule has 1 aliphatic rings. The lowest BCUT2D eigenvalue weighted by Crippen LogP contribution is -2.52. The maximum absolute atomic E-state index is 11.1. The van der Waals surface area contributed by atoms with E-state index in [4.69, 9.17) is 10.2 Å². The van der Waals surface area contributed by atoms with E-state index < -0.39 is 6.09 Å². The Morgan fingerprint density at radius 2 is 2.07 bits per heavy atom. The molecule has 1 rings (SSSR count). The highest BCUT2D eigenvalue weighted by Gasteiger charge is 2.38. The lowest BCUT2D eigenvalue weighted by molar-refractivity contribution is 0.0275. The monoisotopic (exact) mass is 215 g/mol. The average molecular weight is 215 g/mol. The van der Waals surface area contributed by atoms with E-state index in [9.17, 15) is 4.79 Å². The van der Waals surface area contributed by atoms with Crippen molar-refractivity contribution < 1.29 is 15.0 Å². The highest BCUT2D eigenvalue weighted by Crippen LogP contribution is 2.34. The lowest BCUT2D eigenvalue weighted by Gasteiger charge is -2.44. The third-order valence-corrected chi connectivity index (χ3v) is 3.21. The predicted octanol–water partition coefficient (Wildman–Crippen LogP) is 1.78. The van der Waals surface area contributed by atoms with E-state index in [2.05, 4.69) is 0 Å². The number of hydrogen-bond acceptors (Lipinski definition) is 2. The molecule has 0 aromatic heterocycles. The molecular weight excluding hydrogens is 194 g/mol. The molecule has 0 bridgehead atoms. The molecule has 1 fully saturated rings. The number of amides is 1. The molecule has 1 amide bonds. The minimum atomic E-state index is -0.841. The van der Waals surface area contributed by atoms with Crippen LogP contribution in [0.15, 0.2) is 0 Å². The maximum atomic E-state index is 11.1. The first-order chi connectivity index (χ1) is 6.86. The van der Waals surface area contributed by atoms with Gasteiger partial charge in [-0.2, -0.15) is 0 Å². The molecule has 0 aromatic carbocycles. The van der Waals surface area contributed by atoms with Crippen LogP contribution in [0.4, 0.5) is 4.79 Å². The van der Waals surface area contributed by atoms with Gasteiger partial charge < -0.3 is 15.1 Å². The Labute approximate surface area is 90.9 Å². The van der Waals surface area contributed by atoms with E-state index in [0.29, 0.717) is 6.54 Å². The number of likely N-dealkylation sites (tertiary alicyclic amines) is 1. The second-order valence-corrected chi connectivity index (χ2v) is 5.43. The summed E-state index contributed by atoms with van der Waals surface area (Å²) in [5.41, 5.74) is -0.0633. The first-order valence-electron chi connectivity index (χ1n) is 5.46. The Morgan fingerprint density at radius 1 is 1.47 bits per heavy atom. The number of carbonyl (C=O) groups is 1. The summed E-state index contributed by atoms with van der Waals surface area (Å²) in [7, 11) is 0. The van der Waals surface area contributed by atoms with Crippen LogP contribution in [0.25, 0.3) is 0 Å². The molecular formula is C11H21NO3. The highest BCUT2D eigenvalue weighted by atomic mass is 16.4. The van der Waals surface area contributed by atoms with Gasteiger partial charge in [0.15, 0.2) is 0 Å². The molecule has 2 unspecified atom stereocenters. The molecule has 4 nitrogen and oxygen atoms in total. The molecule has 15 heavy (non-hydrogen) atoms. The summed E-state index contributed by atoms with van der Waals surface area (Å²) in [6, 6.07) is 0.0147. The number of rotatable bonds is 1. The highest BCUT2D eigenvalue weighted by molar-refractivity contribution is 5.65. The summed E-state index contributed by atoms with van der Waals surface area (Å²) in [6.45, 7) is 6.86. The summed E-state index contributed by atoms with van der Waals surface area (Å²) in [6.07, 6.45) is 0.702. The number of hydrogen-bond donors (Lipinski definition) is 2. The van der Waals surface area contributed by atoms with Gasteiger partial charge in [-0.05, 0) is 24.2 Å². The van der Waals surface area contributed by atoms with Gasteiger partial charge in [0.25, 0.3) is 0 Å². The standard InChI is InChI=1S/C11H21NO3/c1-11(2,3)9-6-8(7-13)4-5-12(9)10(14)15/h8-9,13H,4-7H2,1-3H3,(H,14,15). The minimum absolute atomic E-state index is 0.0147. The van der Waals surface area contributed by atoms with Gasteiger partial charge in [-0.1, -0.05) is 20.8 Å². The Hall–Kier alpha value is -0.770. The van der Waals surface area contributed by atoms with Crippen LogP contribution in [0.3, 0.4) is 0 Å². The Balaban J connectivity index is 2.78. The Bertz CT molecular complexity index is 234. The van der Waals surface area contributed by atoms with Crippen LogP contribution in [0, 0.1) is 11.3 Å². The van der Waals surface area contributed by atoms with Crippen molar-refractivity contribution in [2.45, 2.75) is 39.7 Å². The topological polar surface area (TPSA) is 60.8 Å². The van der Waals surface area contributed by atoms with E-state index in [1.54, 1.807) is 0 Å². The Morgan fingerprint density at radius 3 is 2.47 bits per heavy atom. The summed E-state index contributed by atoms with van der Waals surface area (Å²) >= 11 is 0. The normalized spacial score (nSPS) is 27.9. The van der Waals surface area contributed by atoms with E-state index in [1.165, 1.54) is 4.90 Å². The second kappa shape index (κ2) is 4.39. The van der Waals surface area contributed by atoms with Crippen molar-refractivity contribution in [2.24, 2.45) is 11.3 Å². The smallest absolute Gasteiger partial charge is 0.407 e. The van der Waals surface area contributed by atoms with Crippen LogP contribution in [-0.2, 0) is 0 Å². The number of nitrogens with zero attached hydrogens (tertiary/aromatic N) is 1. The van der Waals surface area contributed by atoms with Crippen molar-refractivity contribution in [2.75, 3.05) is 13.2 Å². The molecule has 2 atom stereocenters. The van der Waals surface area contributed by atoms with Gasteiger partial charge in [-0.15, -0.1) is 0 Å². The lowest BCUT2D eigenvalue weighted by atomic mass is 9.77. The van der Waals surface area contributed by atoms with Gasteiger partial charge in [0.05, 0.1) is 0 Å². The Kier molecular flexibility index (Phi) is 3.60. The van der Waals surface area contributed by atoms with Crippen molar-refractivity contribution >= 4 is 6.09 Å². The molecule has 1 heterocycles. The fraction of sp³-hybridized carbons (Fsp3) is 0.909. The van der Waals surface area contributed by atoms with Crippen LogP contribution in [-0.4, -0.2) is 40.4 Å². The molecule has 0 saturated carbocycles. The van der Waals surface area contributed by atoms with Crippen molar-refractivity contribution in [3.8, 4) is 0 Å². The van der Waals surface area contributed by atoms with E-state index >= 15 is 0 Å². The SMILES string of the molecule is CC(C)(C)C1CC(CO)CCN1C(=O)O. The zero-order valence-corrected chi connectivity index (χ0v) is 9.73. The molecule has 2 N–H and O–H groups in total. The van der Waals surface area contributed by atoms with Gasteiger partial charge in [0.1, 0.15) is 0 Å². The van der Waals surface area contributed by atoms with E-state index in [1.807, 2.05) is 20.8 Å². The minimum Gasteiger partial charge on any atom is -0.465 e. The van der Waals surface area contributed by atoms with E-state index in [-0.39, 0.29) is 24.0 Å². The molecule has 1 aliphatic heterocycles. The fourth-order valence-electron chi connectivity index (χ4n) is 2.25. The first-order valence-corrected chi connectivity index (χ1v) is 5.46. The van der Waals surface area contributed by atoms with Crippen LogP contribution < -0.4 is 0 Å². The van der Waals surface area contributed by atoms with Gasteiger partial charge in [-0.3, -0.25) is 0 Å². The molecule has 0 aromatic rings. The summed E-state index contributed by atoms with van der Waals surface area (Å²) in [4.78, 5) is 12.6. The maximum Gasteiger partial charge on any atom is 0.407 e. The molecule has 0 spiro atoms.